The number of hydrogen-bond donors (Lipinski definition) is 3. The molecule has 10 nitrogen and oxygen atoms in total. The number of aryl methyl sites for hydroxylation is 1. The van der Waals surface area contributed by atoms with Crippen LogP contribution in [-0.4, -0.2) is 48.3 Å². The third-order valence-corrected chi connectivity index (χ3v) is 8.96. The van der Waals surface area contributed by atoms with Gasteiger partial charge in [0.05, 0.1) is 29.7 Å². The van der Waals surface area contributed by atoms with Gasteiger partial charge >= 0.3 is 0 Å². The maximum absolute atomic E-state index is 15.3. The zero-order valence-corrected chi connectivity index (χ0v) is 29.2. The van der Waals surface area contributed by atoms with E-state index in [1.165, 1.54) is 32.6 Å². The van der Waals surface area contributed by atoms with E-state index in [-0.39, 0.29) is 41.2 Å². The summed E-state index contributed by atoms with van der Waals surface area (Å²) < 4.78 is 95.0. The Kier molecular flexibility index (Phi) is 9.67. The standard InChI is InChI=1S/C37H35F6N7O3/c1-18-12-25-31(34(40)41)47-50(33(25)37(18,42)43)17-28(51)46-26(15-19-13-20(38)16-21(39)14-19)30-23(7-6-22(45-30)10-11-36(2,3)52)24-8-9-27(53-5)29-32(24)49(4)48-35(29)44/h6-9,13-14,16,18,26,34,52H,12,15,17H2,1-5H3,(H2,44,48)(H,46,51). The number of hydrogen-bond acceptors (Lipinski definition) is 7. The molecule has 5 aromatic rings. The van der Waals surface area contributed by atoms with E-state index >= 15 is 8.78 Å². The zero-order valence-electron chi connectivity index (χ0n) is 29.2. The summed E-state index contributed by atoms with van der Waals surface area (Å²) in [5.74, 6) is -1.54. The monoisotopic (exact) mass is 739 g/mol. The Labute approximate surface area is 300 Å². The van der Waals surface area contributed by atoms with Gasteiger partial charge in [-0.1, -0.05) is 12.8 Å². The quantitative estimate of drug-likeness (QED) is 0.122. The molecule has 4 N–H and O–H groups in total. The van der Waals surface area contributed by atoms with E-state index in [4.69, 9.17) is 15.5 Å². The Morgan fingerprint density at radius 2 is 1.79 bits per heavy atom. The summed E-state index contributed by atoms with van der Waals surface area (Å²) in [4.78, 5) is 18.6. The number of fused-ring (bicyclic) bond motifs is 2. The van der Waals surface area contributed by atoms with E-state index in [9.17, 15) is 27.5 Å². The number of nitrogen functional groups attached to an aromatic ring is 1. The van der Waals surface area contributed by atoms with Gasteiger partial charge in [0.25, 0.3) is 12.3 Å². The fourth-order valence-corrected chi connectivity index (χ4v) is 6.67. The highest BCUT2D eigenvalue weighted by atomic mass is 19.3. The second-order valence-corrected chi connectivity index (χ2v) is 13.5. The van der Waals surface area contributed by atoms with Gasteiger partial charge in [0.2, 0.25) is 5.91 Å². The van der Waals surface area contributed by atoms with Gasteiger partial charge in [0.15, 0.2) is 5.82 Å². The van der Waals surface area contributed by atoms with Crippen molar-refractivity contribution in [2.45, 2.75) is 64.1 Å². The molecule has 3 heterocycles. The number of methoxy groups -OCH3 is 1. The highest BCUT2D eigenvalue weighted by Crippen LogP contribution is 2.48. The van der Waals surface area contributed by atoms with Gasteiger partial charge in [-0.2, -0.15) is 19.0 Å². The normalized spacial score (nSPS) is 15.7. The van der Waals surface area contributed by atoms with Crippen molar-refractivity contribution in [1.82, 2.24) is 29.9 Å². The average Bonchev–Trinajstić information content (AvgIpc) is 3.66. The summed E-state index contributed by atoms with van der Waals surface area (Å²) >= 11 is 0. The Balaban J connectivity index is 1.52. The number of pyridine rings is 1. The number of benzene rings is 2. The molecule has 1 aliphatic rings. The van der Waals surface area contributed by atoms with Crippen molar-refractivity contribution < 1.29 is 41.0 Å². The molecule has 2 atom stereocenters. The van der Waals surface area contributed by atoms with Crippen LogP contribution >= 0.6 is 0 Å². The third kappa shape index (κ3) is 7.25. The van der Waals surface area contributed by atoms with Crippen molar-refractivity contribution >= 4 is 22.6 Å². The molecule has 0 spiro atoms. The lowest BCUT2D eigenvalue weighted by atomic mass is 9.93. The minimum absolute atomic E-state index is 0.0958. The number of amides is 1. The second kappa shape index (κ2) is 13.8. The molecular formula is C37H35F6N7O3. The number of nitrogens with one attached hydrogen (secondary N) is 1. The van der Waals surface area contributed by atoms with Crippen LogP contribution in [0, 0.1) is 29.4 Å². The molecule has 6 rings (SSSR count). The molecule has 0 aliphatic heterocycles. The first kappa shape index (κ1) is 37.2. The maximum Gasteiger partial charge on any atom is 0.292 e. The van der Waals surface area contributed by atoms with Crippen LogP contribution in [0.5, 0.6) is 5.75 Å². The molecule has 0 saturated carbocycles. The molecule has 1 aliphatic carbocycles. The number of aromatic nitrogens is 5. The molecule has 2 unspecified atom stereocenters. The van der Waals surface area contributed by atoms with Gasteiger partial charge in [-0.15, -0.1) is 0 Å². The average molecular weight is 740 g/mol. The fraction of sp³-hybridized carbons (Fsp3) is 0.351. The molecular weight excluding hydrogens is 704 g/mol. The lowest BCUT2D eigenvalue weighted by Gasteiger charge is -2.23. The molecule has 0 fully saturated rings. The number of carbonyl (C=O) groups is 1. The number of carbonyl (C=O) groups excluding carboxylic acids is 1. The highest BCUT2D eigenvalue weighted by molar-refractivity contribution is 6.03. The SMILES string of the molecule is COc1ccc(-c2ccc(C#CC(C)(C)O)nc2C(Cc2cc(F)cc(F)c2)NC(=O)Cn2nc(C(F)F)c3c2C(F)(F)C(C)C3)c2c1c(N)nn2C. The summed E-state index contributed by atoms with van der Waals surface area (Å²) in [6.07, 6.45) is -3.79. The van der Waals surface area contributed by atoms with Gasteiger partial charge in [-0.3, -0.25) is 14.2 Å². The van der Waals surface area contributed by atoms with Crippen molar-refractivity contribution in [1.29, 1.82) is 0 Å². The number of rotatable bonds is 9. The number of nitrogens with two attached hydrogens (primary N) is 1. The fourth-order valence-electron chi connectivity index (χ4n) is 6.67. The van der Waals surface area contributed by atoms with Crippen LogP contribution in [0.4, 0.5) is 32.2 Å². The van der Waals surface area contributed by atoms with E-state index in [1.807, 2.05) is 0 Å². The summed E-state index contributed by atoms with van der Waals surface area (Å²) in [6.45, 7) is 3.27. The number of ether oxygens (including phenoxy) is 1. The number of aliphatic hydroxyl groups is 1. The van der Waals surface area contributed by atoms with Gasteiger partial charge in [-0.05, 0) is 74.6 Å². The zero-order chi connectivity index (χ0) is 38.6. The van der Waals surface area contributed by atoms with Gasteiger partial charge in [0.1, 0.15) is 46.6 Å². The van der Waals surface area contributed by atoms with E-state index in [0.717, 1.165) is 12.1 Å². The Bertz CT molecular complexity index is 2280. The predicted molar refractivity (Wildman–Crippen MR) is 183 cm³/mol. The summed E-state index contributed by atoms with van der Waals surface area (Å²) in [7, 11) is 3.11. The molecule has 16 heteroatoms. The first-order valence-electron chi connectivity index (χ1n) is 16.4. The lowest BCUT2D eigenvalue weighted by Crippen LogP contribution is -2.35. The van der Waals surface area contributed by atoms with Crippen molar-refractivity contribution in [3.05, 3.63) is 88.0 Å². The topological polar surface area (TPSA) is 133 Å². The third-order valence-electron chi connectivity index (χ3n) is 8.96. The Morgan fingerprint density at radius 3 is 2.43 bits per heavy atom. The molecule has 53 heavy (non-hydrogen) atoms. The molecule has 0 bridgehead atoms. The minimum Gasteiger partial charge on any atom is -0.496 e. The molecule has 0 radical (unpaired) electrons. The Hall–Kier alpha value is -5.56. The van der Waals surface area contributed by atoms with Crippen molar-refractivity contribution in [2.75, 3.05) is 12.8 Å². The predicted octanol–water partition coefficient (Wildman–Crippen LogP) is 6.15. The first-order valence-corrected chi connectivity index (χ1v) is 16.4. The van der Waals surface area contributed by atoms with Gasteiger partial charge in [0, 0.05) is 35.7 Å². The van der Waals surface area contributed by atoms with E-state index in [2.05, 4.69) is 27.4 Å². The molecule has 2 aromatic carbocycles. The van der Waals surface area contributed by atoms with Crippen LogP contribution in [0.3, 0.4) is 0 Å². The number of nitrogens with zero attached hydrogens (tertiary/aromatic N) is 5. The summed E-state index contributed by atoms with van der Waals surface area (Å²) in [5.41, 5.74) is 4.69. The van der Waals surface area contributed by atoms with Crippen LogP contribution in [-0.2, 0) is 37.2 Å². The van der Waals surface area contributed by atoms with E-state index in [1.54, 1.807) is 31.3 Å². The van der Waals surface area contributed by atoms with Crippen LogP contribution in [0.2, 0.25) is 0 Å². The van der Waals surface area contributed by atoms with Gasteiger partial charge in [-0.25, -0.2) is 22.5 Å². The highest BCUT2D eigenvalue weighted by Gasteiger charge is 2.51. The van der Waals surface area contributed by atoms with E-state index < -0.39 is 65.4 Å². The number of anilines is 1. The minimum atomic E-state index is -3.54. The first-order chi connectivity index (χ1) is 24.9. The van der Waals surface area contributed by atoms with E-state index in [0.29, 0.717) is 38.5 Å². The lowest BCUT2D eigenvalue weighted by molar-refractivity contribution is -0.123. The van der Waals surface area contributed by atoms with Crippen LogP contribution < -0.4 is 15.8 Å². The van der Waals surface area contributed by atoms with Crippen LogP contribution in [0.15, 0.2) is 42.5 Å². The van der Waals surface area contributed by atoms with Crippen LogP contribution in [0.1, 0.15) is 67.1 Å². The molecule has 278 valence electrons. The smallest absolute Gasteiger partial charge is 0.292 e. The maximum atomic E-state index is 15.3. The van der Waals surface area contributed by atoms with Crippen molar-refractivity contribution in [3.8, 4) is 28.7 Å². The number of alkyl halides is 4. The summed E-state index contributed by atoms with van der Waals surface area (Å²) in [5, 5.41) is 21.5. The second-order valence-electron chi connectivity index (χ2n) is 13.5. The number of halogens is 6. The Morgan fingerprint density at radius 1 is 1.11 bits per heavy atom. The molecule has 1 amide bonds. The summed E-state index contributed by atoms with van der Waals surface area (Å²) in [6, 6.07) is 8.12. The molecule has 0 saturated heterocycles. The largest absolute Gasteiger partial charge is 0.496 e. The van der Waals surface area contributed by atoms with Gasteiger partial charge < -0.3 is 20.9 Å². The van der Waals surface area contributed by atoms with Crippen molar-refractivity contribution in [3.63, 3.8) is 0 Å². The van der Waals surface area contributed by atoms with Crippen molar-refractivity contribution in [2.24, 2.45) is 13.0 Å². The molecule has 3 aromatic heterocycles. The van der Waals surface area contributed by atoms with Crippen LogP contribution in [0.25, 0.3) is 22.0 Å².